The molecule has 136 valence electrons. The van der Waals surface area contributed by atoms with E-state index in [-0.39, 0.29) is 11.7 Å². The number of hydrogen-bond donors (Lipinski definition) is 2. The molecule has 1 aliphatic rings. The van der Waals surface area contributed by atoms with Gasteiger partial charge in [0, 0.05) is 0 Å². The summed E-state index contributed by atoms with van der Waals surface area (Å²) in [6, 6.07) is 11.5. The van der Waals surface area contributed by atoms with Gasteiger partial charge in [0.05, 0.1) is 17.7 Å². The van der Waals surface area contributed by atoms with Crippen LogP contribution in [0.1, 0.15) is 11.1 Å². The molecule has 26 heavy (non-hydrogen) atoms. The first-order valence-electron chi connectivity index (χ1n) is 7.72. The fourth-order valence-corrected chi connectivity index (χ4v) is 3.16. The number of aryl methyl sites for hydroxylation is 1. The van der Waals surface area contributed by atoms with Gasteiger partial charge in [0.15, 0.2) is 11.5 Å². The second kappa shape index (κ2) is 7.54. The van der Waals surface area contributed by atoms with E-state index in [2.05, 4.69) is 15.2 Å². The summed E-state index contributed by atoms with van der Waals surface area (Å²) in [7, 11) is -3.75. The van der Waals surface area contributed by atoms with Crippen molar-refractivity contribution in [3.05, 3.63) is 53.6 Å². The molecule has 0 bridgehead atoms. The number of hydrogen-bond acceptors (Lipinski definition) is 6. The number of nitrogens with zero attached hydrogens (tertiary/aromatic N) is 1. The summed E-state index contributed by atoms with van der Waals surface area (Å²) in [6.45, 7) is 1.61. The quantitative estimate of drug-likeness (QED) is 0.582. The van der Waals surface area contributed by atoms with E-state index in [0.29, 0.717) is 17.1 Å². The van der Waals surface area contributed by atoms with Crippen LogP contribution in [0.4, 0.5) is 0 Å². The van der Waals surface area contributed by atoms with E-state index < -0.39 is 22.5 Å². The van der Waals surface area contributed by atoms with Gasteiger partial charge < -0.3 is 9.47 Å². The van der Waals surface area contributed by atoms with Crippen LogP contribution in [0.5, 0.6) is 11.5 Å². The van der Waals surface area contributed by atoms with E-state index in [9.17, 15) is 13.2 Å². The van der Waals surface area contributed by atoms with Gasteiger partial charge in [0.2, 0.25) is 16.8 Å². The second-order valence-corrected chi connectivity index (χ2v) is 7.31. The molecule has 0 unspecified atom stereocenters. The summed E-state index contributed by atoms with van der Waals surface area (Å²) in [5.41, 5.74) is 3.91. The summed E-state index contributed by atoms with van der Waals surface area (Å²) >= 11 is 0. The molecule has 1 aliphatic heterocycles. The Kier molecular flexibility index (Phi) is 5.19. The molecule has 0 atom stereocenters. The molecule has 2 aromatic carbocycles. The Morgan fingerprint density at radius 2 is 1.88 bits per heavy atom. The van der Waals surface area contributed by atoms with Crippen molar-refractivity contribution in [2.45, 2.75) is 11.8 Å². The zero-order chi connectivity index (χ0) is 18.6. The number of rotatable bonds is 6. The molecule has 1 heterocycles. The van der Waals surface area contributed by atoms with Crippen molar-refractivity contribution in [1.29, 1.82) is 0 Å². The summed E-state index contributed by atoms with van der Waals surface area (Å²) in [4.78, 5) is 11.9. The number of fused-ring (bicyclic) bond motifs is 1. The summed E-state index contributed by atoms with van der Waals surface area (Å²) < 4.78 is 36.9. The van der Waals surface area contributed by atoms with Crippen molar-refractivity contribution in [3.63, 3.8) is 0 Å². The highest BCUT2D eigenvalue weighted by Crippen LogP contribution is 2.31. The van der Waals surface area contributed by atoms with E-state index in [4.69, 9.17) is 9.47 Å². The Morgan fingerprint density at radius 1 is 1.15 bits per heavy atom. The topological polar surface area (TPSA) is 106 Å². The first kappa shape index (κ1) is 17.9. The van der Waals surface area contributed by atoms with Crippen LogP contribution >= 0.6 is 0 Å². The molecule has 0 spiro atoms. The number of carbonyl (C=O) groups is 1. The van der Waals surface area contributed by atoms with Crippen LogP contribution in [0, 0.1) is 6.92 Å². The maximum atomic E-state index is 12.1. The number of hydrazone groups is 1. The highest BCUT2D eigenvalue weighted by molar-refractivity contribution is 7.89. The van der Waals surface area contributed by atoms with Crippen molar-refractivity contribution >= 4 is 22.1 Å². The van der Waals surface area contributed by atoms with Crippen LogP contribution in [0.2, 0.25) is 0 Å². The predicted octanol–water partition coefficient (Wildman–Crippen LogP) is 1.15. The third-order valence-corrected chi connectivity index (χ3v) is 4.97. The Hall–Kier alpha value is -2.91. The first-order valence-corrected chi connectivity index (χ1v) is 9.20. The van der Waals surface area contributed by atoms with Crippen LogP contribution in [0.25, 0.3) is 0 Å². The van der Waals surface area contributed by atoms with Crippen molar-refractivity contribution in [1.82, 2.24) is 10.1 Å². The van der Waals surface area contributed by atoms with Crippen molar-refractivity contribution in [2.24, 2.45) is 5.10 Å². The highest BCUT2D eigenvalue weighted by atomic mass is 32.2. The Morgan fingerprint density at radius 3 is 2.65 bits per heavy atom. The van der Waals surface area contributed by atoms with E-state index >= 15 is 0 Å². The van der Waals surface area contributed by atoms with Crippen LogP contribution in [0.15, 0.2) is 52.5 Å². The molecule has 2 N–H and O–H groups in total. The Bertz CT molecular complexity index is 939. The molecule has 3 rings (SSSR count). The molecule has 0 radical (unpaired) electrons. The number of sulfonamides is 1. The third-order valence-electron chi connectivity index (χ3n) is 3.55. The lowest BCUT2D eigenvalue weighted by molar-refractivity contribution is -0.119. The predicted molar refractivity (Wildman–Crippen MR) is 94.7 cm³/mol. The fraction of sp³-hybridized carbons (Fsp3) is 0.176. The molecule has 0 saturated carbocycles. The lowest BCUT2D eigenvalue weighted by Crippen LogP contribution is -2.34. The van der Waals surface area contributed by atoms with E-state index in [1.807, 2.05) is 6.92 Å². The standard InChI is InChI=1S/C17H17N3O5S/c1-12-2-5-14(6-3-12)26(22,23)19-10-17(21)20-18-9-13-4-7-15-16(8-13)25-11-24-15/h2-9,19H,10-11H2,1H3,(H,20,21)/b18-9+. The zero-order valence-corrected chi connectivity index (χ0v) is 14.7. The molecular weight excluding hydrogens is 358 g/mol. The normalized spacial score (nSPS) is 13.1. The van der Waals surface area contributed by atoms with Crippen molar-refractivity contribution in [2.75, 3.05) is 13.3 Å². The molecule has 9 heteroatoms. The number of amides is 1. The van der Waals surface area contributed by atoms with E-state index in [1.165, 1.54) is 18.3 Å². The molecule has 0 fully saturated rings. The van der Waals surface area contributed by atoms with Gasteiger partial charge in [-0.15, -0.1) is 0 Å². The molecule has 8 nitrogen and oxygen atoms in total. The molecular formula is C17H17N3O5S. The first-order chi connectivity index (χ1) is 12.4. The van der Waals surface area contributed by atoms with Crippen LogP contribution in [-0.2, 0) is 14.8 Å². The smallest absolute Gasteiger partial charge is 0.255 e. The summed E-state index contributed by atoms with van der Waals surface area (Å²) in [6.07, 6.45) is 1.42. The van der Waals surface area contributed by atoms with Gasteiger partial charge in [-0.05, 0) is 42.8 Å². The molecule has 0 saturated heterocycles. The van der Waals surface area contributed by atoms with Gasteiger partial charge in [0.25, 0.3) is 5.91 Å². The van der Waals surface area contributed by atoms with Crippen LogP contribution < -0.4 is 19.6 Å². The monoisotopic (exact) mass is 375 g/mol. The highest BCUT2D eigenvalue weighted by Gasteiger charge is 2.15. The SMILES string of the molecule is Cc1ccc(S(=O)(=O)NCC(=O)N/N=C/c2ccc3c(c2)OCO3)cc1. The number of nitrogens with one attached hydrogen (secondary N) is 2. The molecule has 1 amide bonds. The average Bonchev–Trinajstić information content (AvgIpc) is 3.08. The number of carbonyl (C=O) groups excluding carboxylic acids is 1. The summed E-state index contributed by atoms with van der Waals surface area (Å²) in [5.74, 6) is 0.667. The lowest BCUT2D eigenvalue weighted by atomic mass is 10.2. The van der Waals surface area contributed by atoms with Gasteiger partial charge in [-0.25, -0.2) is 18.6 Å². The fourth-order valence-electron chi connectivity index (χ4n) is 2.17. The summed E-state index contributed by atoms with van der Waals surface area (Å²) in [5, 5.41) is 3.80. The maximum Gasteiger partial charge on any atom is 0.255 e. The third kappa shape index (κ3) is 4.38. The van der Waals surface area contributed by atoms with E-state index in [0.717, 1.165) is 5.56 Å². The Balaban J connectivity index is 1.52. The average molecular weight is 375 g/mol. The van der Waals surface area contributed by atoms with Crippen molar-refractivity contribution < 1.29 is 22.7 Å². The van der Waals surface area contributed by atoms with Crippen LogP contribution in [0.3, 0.4) is 0 Å². The Labute approximate surface area is 150 Å². The molecule has 0 aromatic heterocycles. The van der Waals surface area contributed by atoms with Gasteiger partial charge in [-0.2, -0.15) is 5.10 Å². The maximum absolute atomic E-state index is 12.1. The van der Waals surface area contributed by atoms with Crippen LogP contribution in [-0.4, -0.2) is 33.9 Å². The second-order valence-electron chi connectivity index (χ2n) is 5.54. The minimum Gasteiger partial charge on any atom is -0.454 e. The van der Waals surface area contributed by atoms with Crippen molar-refractivity contribution in [3.8, 4) is 11.5 Å². The minimum atomic E-state index is -3.75. The number of ether oxygens (including phenoxy) is 2. The molecule has 0 aliphatic carbocycles. The zero-order valence-electron chi connectivity index (χ0n) is 13.9. The van der Waals surface area contributed by atoms with E-state index in [1.54, 1.807) is 30.3 Å². The van der Waals surface area contributed by atoms with Gasteiger partial charge >= 0.3 is 0 Å². The lowest BCUT2D eigenvalue weighted by Gasteiger charge is -2.06. The minimum absolute atomic E-state index is 0.0970. The van der Waals surface area contributed by atoms with Gasteiger partial charge in [-0.1, -0.05) is 17.7 Å². The van der Waals surface area contributed by atoms with Gasteiger partial charge in [0.1, 0.15) is 0 Å². The largest absolute Gasteiger partial charge is 0.454 e. The molecule has 2 aromatic rings. The number of benzene rings is 2. The van der Waals surface area contributed by atoms with Gasteiger partial charge in [-0.3, -0.25) is 4.79 Å².